The molecule has 0 saturated carbocycles. The van der Waals surface area contributed by atoms with E-state index < -0.39 is 15.9 Å². The molecule has 26 heavy (non-hydrogen) atoms. The number of nitrogens with zero attached hydrogens (tertiary/aromatic N) is 1. The molecule has 1 heterocycles. The molecule has 0 unspecified atom stereocenters. The summed E-state index contributed by atoms with van der Waals surface area (Å²) in [4.78, 5) is 11.2. The lowest BCUT2D eigenvalue weighted by atomic mass is 10.3. The number of aromatic nitrogens is 1. The van der Waals surface area contributed by atoms with E-state index >= 15 is 0 Å². The molecule has 0 aliphatic carbocycles. The van der Waals surface area contributed by atoms with Gasteiger partial charge in [-0.15, -0.1) is 0 Å². The van der Waals surface area contributed by atoms with Gasteiger partial charge in [-0.25, -0.2) is 8.42 Å². The molecule has 3 N–H and O–H groups in total. The van der Waals surface area contributed by atoms with Crippen LogP contribution in [-0.4, -0.2) is 46.3 Å². The molecule has 0 radical (unpaired) electrons. The predicted molar refractivity (Wildman–Crippen MR) is 95.1 cm³/mol. The average Bonchev–Trinajstić information content (AvgIpc) is 2.98. The number of hydrogen-bond donors (Lipinski definition) is 2. The lowest BCUT2D eigenvalue weighted by molar-refractivity contribution is 0.0992. The Hall–Kier alpha value is -2.72. The maximum Gasteiger partial charge on any atom is 0.265 e. The summed E-state index contributed by atoms with van der Waals surface area (Å²) in [7, 11) is 0.657. The smallest absolute Gasteiger partial charge is 0.265 e. The summed E-state index contributed by atoms with van der Waals surface area (Å²) < 4.78 is 44.5. The number of rotatable bonds is 9. The van der Waals surface area contributed by atoms with E-state index in [4.69, 9.17) is 19.9 Å². The maximum absolute atomic E-state index is 12.5. The van der Waals surface area contributed by atoms with E-state index in [1.54, 1.807) is 13.2 Å². The van der Waals surface area contributed by atoms with E-state index in [9.17, 15) is 13.2 Å². The highest BCUT2D eigenvalue weighted by Gasteiger charge is 2.20. The fraction of sp³-hybridized carbons (Fsp3) is 0.312. The highest BCUT2D eigenvalue weighted by Crippen LogP contribution is 2.31. The van der Waals surface area contributed by atoms with Crippen molar-refractivity contribution < 1.29 is 27.4 Å². The van der Waals surface area contributed by atoms with Gasteiger partial charge in [-0.3, -0.25) is 9.52 Å². The number of aryl methyl sites for hydroxylation is 1. The van der Waals surface area contributed by atoms with E-state index in [1.807, 2.05) is 0 Å². The Balaban J connectivity index is 2.27. The molecule has 0 aliphatic heterocycles. The quantitative estimate of drug-likeness (QED) is 0.622. The van der Waals surface area contributed by atoms with E-state index in [2.05, 4.69) is 4.72 Å². The molecule has 10 heteroatoms. The SMILES string of the molecule is COCCOc1cc(NS(=O)(=O)c2cc(C(N)=O)n(C)c2)ccc1OC. The zero-order chi connectivity index (χ0) is 19.3. The third-order valence-corrected chi connectivity index (χ3v) is 4.85. The van der Waals surface area contributed by atoms with Crippen LogP contribution in [0.3, 0.4) is 0 Å². The largest absolute Gasteiger partial charge is 0.493 e. The van der Waals surface area contributed by atoms with Crippen molar-refractivity contribution in [3.8, 4) is 11.5 Å². The molecular formula is C16H21N3O6S. The lowest BCUT2D eigenvalue weighted by Gasteiger charge is -2.13. The number of nitrogens with one attached hydrogen (secondary N) is 1. The number of methoxy groups -OCH3 is 2. The van der Waals surface area contributed by atoms with Gasteiger partial charge in [0.15, 0.2) is 11.5 Å². The van der Waals surface area contributed by atoms with Crippen LogP contribution in [0.2, 0.25) is 0 Å². The normalized spacial score (nSPS) is 11.2. The number of carbonyl (C=O) groups excluding carboxylic acids is 1. The monoisotopic (exact) mass is 383 g/mol. The first-order valence-corrected chi connectivity index (χ1v) is 9.05. The van der Waals surface area contributed by atoms with Crippen LogP contribution in [0.5, 0.6) is 11.5 Å². The van der Waals surface area contributed by atoms with Crippen LogP contribution < -0.4 is 19.9 Å². The number of anilines is 1. The second-order valence-electron chi connectivity index (χ2n) is 5.35. The van der Waals surface area contributed by atoms with E-state index in [0.717, 1.165) is 0 Å². The molecule has 0 fully saturated rings. The van der Waals surface area contributed by atoms with Crippen molar-refractivity contribution in [1.82, 2.24) is 4.57 Å². The minimum Gasteiger partial charge on any atom is -0.493 e. The molecule has 1 aromatic carbocycles. The number of benzene rings is 1. The van der Waals surface area contributed by atoms with E-state index in [-0.39, 0.29) is 22.9 Å². The Labute approximate surface area is 151 Å². The fourth-order valence-electron chi connectivity index (χ4n) is 2.23. The second-order valence-corrected chi connectivity index (χ2v) is 7.03. The zero-order valence-corrected chi connectivity index (χ0v) is 15.5. The first-order valence-electron chi connectivity index (χ1n) is 7.57. The number of nitrogens with two attached hydrogens (primary N) is 1. The van der Waals surface area contributed by atoms with Crippen LogP contribution in [0, 0.1) is 0 Å². The number of ether oxygens (including phenoxy) is 3. The van der Waals surface area contributed by atoms with Crippen LogP contribution in [0.15, 0.2) is 35.4 Å². The summed E-state index contributed by atoms with van der Waals surface area (Å²) >= 11 is 0. The lowest BCUT2D eigenvalue weighted by Crippen LogP contribution is -2.14. The summed E-state index contributed by atoms with van der Waals surface area (Å²) in [5.41, 5.74) is 5.58. The summed E-state index contributed by atoms with van der Waals surface area (Å²) in [6.45, 7) is 0.655. The highest BCUT2D eigenvalue weighted by molar-refractivity contribution is 7.92. The summed E-state index contributed by atoms with van der Waals surface area (Å²) in [6, 6.07) is 5.84. The van der Waals surface area contributed by atoms with Crippen LogP contribution in [0.4, 0.5) is 5.69 Å². The zero-order valence-electron chi connectivity index (χ0n) is 14.7. The van der Waals surface area contributed by atoms with Gasteiger partial charge < -0.3 is 24.5 Å². The molecule has 1 amide bonds. The number of amides is 1. The average molecular weight is 383 g/mol. The van der Waals surface area contributed by atoms with E-state index in [0.29, 0.717) is 18.1 Å². The Kier molecular flexibility index (Phi) is 6.11. The molecule has 2 rings (SSSR count). The summed E-state index contributed by atoms with van der Waals surface area (Å²) in [6.07, 6.45) is 1.31. The van der Waals surface area contributed by atoms with Gasteiger partial charge in [-0.05, 0) is 18.2 Å². The number of sulfonamides is 1. The Morgan fingerprint density at radius 1 is 1.19 bits per heavy atom. The van der Waals surface area contributed by atoms with Gasteiger partial charge in [0.25, 0.3) is 15.9 Å². The molecule has 0 saturated heterocycles. The third kappa shape index (κ3) is 4.46. The molecule has 0 spiro atoms. The van der Waals surface area contributed by atoms with Crippen LogP contribution in [-0.2, 0) is 21.8 Å². The minimum absolute atomic E-state index is 0.0773. The van der Waals surface area contributed by atoms with Crippen LogP contribution in [0.25, 0.3) is 0 Å². The minimum atomic E-state index is -3.91. The number of primary amides is 1. The van der Waals surface area contributed by atoms with E-state index in [1.165, 1.54) is 43.1 Å². The van der Waals surface area contributed by atoms with Gasteiger partial charge in [0.05, 0.1) is 19.4 Å². The second kappa shape index (κ2) is 8.11. The van der Waals surface area contributed by atoms with Gasteiger partial charge in [0.2, 0.25) is 0 Å². The molecule has 0 bridgehead atoms. The maximum atomic E-state index is 12.5. The Morgan fingerprint density at radius 3 is 2.50 bits per heavy atom. The summed E-state index contributed by atoms with van der Waals surface area (Å²) in [5.74, 6) is 0.114. The first kappa shape index (κ1) is 19.6. The van der Waals surface area contributed by atoms with Crippen molar-refractivity contribution >= 4 is 21.6 Å². The van der Waals surface area contributed by atoms with Crippen molar-refractivity contribution in [2.24, 2.45) is 12.8 Å². The highest BCUT2D eigenvalue weighted by atomic mass is 32.2. The van der Waals surface area contributed by atoms with Crippen molar-refractivity contribution in [2.75, 3.05) is 32.2 Å². The molecule has 0 atom stereocenters. The van der Waals surface area contributed by atoms with Crippen molar-refractivity contribution in [3.63, 3.8) is 0 Å². The van der Waals surface area contributed by atoms with Gasteiger partial charge in [-0.2, -0.15) is 0 Å². The van der Waals surface area contributed by atoms with Gasteiger partial charge in [-0.1, -0.05) is 0 Å². The predicted octanol–water partition coefficient (Wildman–Crippen LogP) is 0.959. The molecule has 142 valence electrons. The van der Waals surface area contributed by atoms with Crippen LogP contribution in [0.1, 0.15) is 10.5 Å². The van der Waals surface area contributed by atoms with Crippen LogP contribution >= 0.6 is 0 Å². The van der Waals surface area contributed by atoms with Gasteiger partial charge in [0.1, 0.15) is 17.2 Å². The Morgan fingerprint density at radius 2 is 1.92 bits per heavy atom. The van der Waals surface area contributed by atoms with Crippen molar-refractivity contribution in [2.45, 2.75) is 4.90 Å². The van der Waals surface area contributed by atoms with Crippen molar-refractivity contribution in [1.29, 1.82) is 0 Å². The standard InChI is InChI=1S/C16H21N3O6S/c1-19-10-12(9-13(19)16(17)20)26(21,22)18-11-4-5-14(24-3)15(8-11)25-7-6-23-2/h4-5,8-10,18H,6-7H2,1-3H3,(H2,17,20). The van der Waals surface area contributed by atoms with Gasteiger partial charge in [0, 0.05) is 26.4 Å². The molecular weight excluding hydrogens is 362 g/mol. The topological polar surface area (TPSA) is 122 Å². The number of carbonyl (C=O) groups is 1. The molecule has 2 aromatic rings. The third-order valence-electron chi connectivity index (χ3n) is 3.50. The Bertz CT molecular complexity index is 891. The van der Waals surface area contributed by atoms with Crippen molar-refractivity contribution in [3.05, 3.63) is 36.2 Å². The fourth-order valence-corrected chi connectivity index (χ4v) is 3.35. The molecule has 9 nitrogen and oxygen atoms in total. The molecule has 1 aromatic heterocycles. The molecule has 0 aliphatic rings. The summed E-state index contributed by atoms with van der Waals surface area (Å²) in [5, 5.41) is 0. The number of hydrogen-bond acceptors (Lipinski definition) is 6. The first-order chi connectivity index (χ1) is 12.3. The van der Waals surface area contributed by atoms with Gasteiger partial charge >= 0.3 is 0 Å².